The van der Waals surface area contributed by atoms with E-state index >= 15 is 0 Å². The number of allylic oxidation sites excluding steroid dienone is 3. The van der Waals surface area contributed by atoms with Gasteiger partial charge in [-0.3, -0.25) is 0 Å². The van der Waals surface area contributed by atoms with Gasteiger partial charge >= 0.3 is 0 Å². The number of benzene rings is 9. The van der Waals surface area contributed by atoms with E-state index in [9.17, 15) is 0 Å². The molecule has 0 spiro atoms. The second kappa shape index (κ2) is 15.9. The van der Waals surface area contributed by atoms with Crippen LogP contribution in [0.4, 0.5) is 17.1 Å². The third-order valence-electron chi connectivity index (χ3n) is 13.3. The molecule has 3 atom stereocenters. The molecule has 0 saturated carbocycles. The average Bonchev–Trinajstić information content (AvgIpc) is 3.72. The molecule has 1 heterocycles. The van der Waals surface area contributed by atoms with Gasteiger partial charge in [0.2, 0.25) is 0 Å². The molecule has 0 N–H and O–H groups in total. The molecular weight excluding hydrogens is 773 g/mol. The van der Waals surface area contributed by atoms with Crippen LogP contribution < -0.4 is 4.90 Å². The summed E-state index contributed by atoms with van der Waals surface area (Å²) in [6.07, 6.45) is 6.59. The Balaban J connectivity index is 1.00. The zero-order valence-electron chi connectivity index (χ0n) is 35.3. The van der Waals surface area contributed by atoms with Crippen LogP contribution in [0.15, 0.2) is 260 Å². The summed E-state index contributed by atoms with van der Waals surface area (Å²) in [6.45, 7) is 0. The number of hydrogen-bond donors (Lipinski definition) is 0. The van der Waals surface area contributed by atoms with Gasteiger partial charge in [-0.25, -0.2) is 0 Å². The summed E-state index contributed by atoms with van der Waals surface area (Å²) in [7, 11) is 0. The lowest BCUT2D eigenvalue weighted by atomic mass is 9.62. The molecule has 10 aromatic rings. The van der Waals surface area contributed by atoms with Gasteiger partial charge in [0.25, 0.3) is 0 Å². The molecule has 0 aliphatic heterocycles. The Morgan fingerprint density at radius 3 is 1.80 bits per heavy atom. The van der Waals surface area contributed by atoms with E-state index in [4.69, 9.17) is 0 Å². The molecule has 9 aromatic carbocycles. The van der Waals surface area contributed by atoms with Crippen LogP contribution >= 0.6 is 0 Å². The van der Waals surface area contributed by atoms with Gasteiger partial charge in [0.05, 0.1) is 11.0 Å². The van der Waals surface area contributed by atoms with E-state index in [0.717, 1.165) is 22.7 Å². The molecule has 2 aliphatic rings. The zero-order chi connectivity index (χ0) is 42.4. The fraction of sp³-hybridized carbons (Fsp3) is 0.0484. The number of aromatic nitrogens is 1. The van der Waals surface area contributed by atoms with Crippen molar-refractivity contribution < 1.29 is 0 Å². The summed E-state index contributed by atoms with van der Waals surface area (Å²) in [5.74, 6) is 0.498. The van der Waals surface area contributed by atoms with Crippen LogP contribution in [-0.2, 0) is 0 Å². The first-order chi connectivity index (χ1) is 31.8. The van der Waals surface area contributed by atoms with Crippen LogP contribution in [0.25, 0.3) is 49.7 Å². The maximum atomic E-state index is 3.74. The Bertz CT molecular complexity index is 3410. The van der Waals surface area contributed by atoms with Crippen molar-refractivity contribution in [2.24, 2.45) is 0 Å². The van der Waals surface area contributed by atoms with Crippen LogP contribution in [0.5, 0.6) is 0 Å². The minimum absolute atomic E-state index is 0.131. The Morgan fingerprint density at radius 2 is 1.02 bits per heavy atom. The van der Waals surface area contributed by atoms with Crippen molar-refractivity contribution in [1.82, 2.24) is 4.57 Å². The fourth-order valence-corrected chi connectivity index (χ4v) is 10.5. The van der Waals surface area contributed by atoms with Gasteiger partial charge in [-0.1, -0.05) is 182 Å². The highest BCUT2D eigenvalue weighted by atomic mass is 15.1. The van der Waals surface area contributed by atoms with Crippen LogP contribution in [0, 0.1) is 0 Å². The Hall–Kier alpha value is -8.16. The minimum Gasteiger partial charge on any atom is -0.310 e. The van der Waals surface area contributed by atoms with E-state index in [-0.39, 0.29) is 17.8 Å². The molecule has 302 valence electrons. The topological polar surface area (TPSA) is 8.17 Å². The molecule has 2 heteroatoms. The molecule has 12 rings (SSSR count). The van der Waals surface area contributed by atoms with E-state index in [1.165, 1.54) is 71.9 Å². The van der Waals surface area contributed by atoms with Crippen molar-refractivity contribution in [1.29, 1.82) is 0 Å². The molecule has 0 fully saturated rings. The lowest BCUT2D eigenvalue weighted by Gasteiger charge is -2.40. The predicted molar refractivity (Wildman–Crippen MR) is 267 cm³/mol. The normalized spacial score (nSPS) is 16.3. The summed E-state index contributed by atoms with van der Waals surface area (Å²) in [5.41, 5.74) is 22.1. The van der Waals surface area contributed by atoms with Gasteiger partial charge in [-0.2, -0.15) is 0 Å². The molecule has 2 nitrogen and oxygen atoms in total. The van der Waals surface area contributed by atoms with E-state index in [1.807, 2.05) is 0 Å². The van der Waals surface area contributed by atoms with Crippen LogP contribution in [0.3, 0.4) is 0 Å². The Labute approximate surface area is 374 Å². The number of fused-ring (bicyclic) bond motifs is 6. The number of hydrogen-bond acceptors (Lipinski definition) is 1. The first-order valence-electron chi connectivity index (χ1n) is 22.3. The maximum absolute atomic E-state index is 3.74. The van der Waals surface area contributed by atoms with E-state index in [2.05, 4.69) is 264 Å². The molecule has 2 aliphatic carbocycles. The second-order valence-electron chi connectivity index (χ2n) is 16.9. The molecular formula is C62H44N2. The van der Waals surface area contributed by atoms with Crippen LogP contribution in [0.1, 0.15) is 40.0 Å². The van der Waals surface area contributed by atoms with Gasteiger partial charge < -0.3 is 9.47 Å². The molecule has 0 amide bonds. The van der Waals surface area contributed by atoms with Gasteiger partial charge in [-0.05, 0) is 117 Å². The van der Waals surface area contributed by atoms with E-state index < -0.39 is 0 Å². The Kier molecular flexibility index (Phi) is 9.37. The zero-order valence-corrected chi connectivity index (χ0v) is 35.3. The smallest absolute Gasteiger partial charge is 0.0547 e. The Morgan fingerprint density at radius 1 is 0.422 bits per heavy atom. The summed E-state index contributed by atoms with van der Waals surface area (Å²) < 4.78 is 2.39. The van der Waals surface area contributed by atoms with Crippen molar-refractivity contribution in [3.05, 3.63) is 282 Å². The highest BCUT2D eigenvalue weighted by Crippen LogP contribution is 2.54. The van der Waals surface area contributed by atoms with Crippen molar-refractivity contribution >= 4 is 38.9 Å². The lowest BCUT2D eigenvalue weighted by molar-refractivity contribution is 0.609. The SMILES string of the molecule is C1=CC=CC2C=1C(c1ccccc1)C(c1ccc(N(c3ccc(-c4ccccc4)cc3)c3cccc(-c4cccc5c4c4ccccc4n5-c4ccccc4)c3)cc1)c1ccccc12. The lowest BCUT2D eigenvalue weighted by Crippen LogP contribution is -2.25. The molecule has 64 heavy (non-hydrogen) atoms. The molecule has 0 radical (unpaired) electrons. The van der Waals surface area contributed by atoms with Gasteiger partial charge in [0, 0.05) is 51.3 Å². The van der Waals surface area contributed by atoms with E-state index in [1.54, 1.807) is 0 Å². The molecule has 1 aromatic heterocycles. The van der Waals surface area contributed by atoms with Crippen molar-refractivity contribution in [3.8, 4) is 27.9 Å². The van der Waals surface area contributed by atoms with Gasteiger partial charge in [-0.15, -0.1) is 5.73 Å². The third-order valence-corrected chi connectivity index (χ3v) is 13.3. The standard InChI is InChI=1S/C62H44N2/c1-4-18-43(19-5-1)44-34-38-49(39-35-44)63(51-25-16-22-47(42-51)52-31-17-33-59-62(52)57-30-14-15-32-58(57)64(59)48-23-8-3-9-24-48)50-40-36-46(37-41-50)61-56-29-13-11-27-54(56)53-26-10-12-28-55(53)60(61)45-20-6-2-7-21-45/h1-27,29-42,53,60-61H. The van der Waals surface area contributed by atoms with Crippen LogP contribution in [-0.4, -0.2) is 4.57 Å². The quantitative estimate of drug-likeness (QED) is 0.139. The highest BCUT2D eigenvalue weighted by Gasteiger charge is 2.40. The average molecular weight is 817 g/mol. The third kappa shape index (κ3) is 6.44. The number of nitrogens with zero attached hydrogens (tertiary/aromatic N) is 2. The fourth-order valence-electron chi connectivity index (χ4n) is 10.5. The van der Waals surface area contributed by atoms with E-state index in [0.29, 0.717) is 0 Å². The highest BCUT2D eigenvalue weighted by molar-refractivity contribution is 6.16. The summed E-state index contributed by atoms with van der Waals surface area (Å²) in [5, 5.41) is 2.50. The predicted octanol–water partition coefficient (Wildman–Crippen LogP) is 16.3. The maximum Gasteiger partial charge on any atom is 0.0547 e. The monoisotopic (exact) mass is 816 g/mol. The summed E-state index contributed by atoms with van der Waals surface area (Å²) >= 11 is 0. The summed E-state index contributed by atoms with van der Waals surface area (Å²) in [6, 6.07) is 84.4. The molecule has 0 saturated heterocycles. The van der Waals surface area contributed by atoms with Gasteiger partial charge in [0.1, 0.15) is 0 Å². The number of rotatable bonds is 8. The first kappa shape index (κ1) is 37.6. The van der Waals surface area contributed by atoms with Crippen LogP contribution in [0.2, 0.25) is 0 Å². The minimum atomic E-state index is 0.131. The first-order valence-corrected chi connectivity index (χ1v) is 22.3. The van der Waals surface area contributed by atoms with Gasteiger partial charge in [0.15, 0.2) is 0 Å². The van der Waals surface area contributed by atoms with Crippen molar-refractivity contribution in [2.45, 2.75) is 17.8 Å². The number of anilines is 3. The molecule has 3 unspecified atom stereocenters. The largest absolute Gasteiger partial charge is 0.310 e. The summed E-state index contributed by atoms with van der Waals surface area (Å²) in [4.78, 5) is 2.41. The second-order valence-corrected chi connectivity index (χ2v) is 16.9. The number of para-hydroxylation sites is 2. The van der Waals surface area contributed by atoms with Crippen molar-refractivity contribution in [2.75, 3.05) is 4.90 Å². The van der Waals surface area contributed by atoms with Crippen molar-refractivity contribution in [3.63, 3.8) is 0 Å². The molecule has 0 bridgehead atoms.